The Morgan fingerprint density at radius 1 is 1.50 bits per heavy atom. The second-order valence-electron chi connectivity index (χ2n) is 3.17. The van der Waals surface area contributed by atoms with E-state index in [1.165, 1.54) is 12.1 Å². The van der Waals surface area contributed by atoms with E-state index in [-0.39, 0.29) is 12.4 Å². The Bertz CT molecular complexity index is 439. The molecular weight excluding hydrogens is 183 g/mol. The van der Waals surface area contributed by atoms with Crippen molar-refractivity contribution >= 4 is 5.65 Å². The molecule has 0 aliphatic heterocycles. The van der Waals surface area contributed by atoms with Crippen molar-refractivity contribution in [1.29, 1.82) is 0 Å². The highest BCUT2D eigenvalue weighted by atomic mass is 19.1. The van der Waals surface area contributed by atoms with Crippen LogP contribution in [-0.2, 0) is 6.42 Å². The molecule has 2 rings (SSSR count). The van der Waals surface area contributed by atoms with Gasteiger partial charge in [-0.15, -0.1) is 0 Å². The molecule has 0 saturated heterocycles. The molecule has 0 unspecified atom stereocenters. The summed E-state index contributed by atoms with van der Waals surface area (Å²) in [4.78, 5) is 4.22. The van der Waals surface area contributed by atoms with Gasteiger partial charge in [0.1, 0.15) is 11.5 Å². The Morgan fingerprint density at radius 2 is 2.36 bits per heavy atom. The third kappa shape index (κ3) is 1.75. The quantitative estimate of drug-likeness (QED) is 0.801. The number of pyridine rings is 1. The molecule has 0 aliphatic rings. The van der Waals surface area contributed by atoms with Gasteiger partial charge in [0.25, 0.3) is 0 Å². The lowest BCUT2D eigenvalue weighted by molar-refractivity contribution is 0.288. The van der Waals surface area contributed by atoms with E-state index in [0.29, 0.717) is 12.1 Å². The summed E-state index contributed by atoms with van der Waals surface area (Å²) in [7, 11) is 0. The molecule has 0 spiro atoms. The number of fused-ring (bicyclic) bond motifs is 1. The summed E-state index contributed by atoms with van der Waals surface area (Å²) in [6, 6.07) is 2.78. The summed E-state index contributed by atoms with van der Waals surface area (Å²) < 4.78 is 14.6. The molecule has 4 heteroatoms. The van der Waals surface area contributed by atoms with E-state index in [9.17, 15) is 4.39 Å². The fourth-order valence-corrected chi connectivity index (χ4v) is 1.39. The Morgan fingerprint density at radius 3 is 3.14 bits per heavy atom. The Kier molecular flexibility index (Phi) is 2.45. The van der Waals surface area contributed by atoms with Crippen LogP contribution in [0.2, 0.25) is 0 Å². The molecule has 2 heterocycles. The van der Waals surface area contributed by atoms with Crippen LogP contribution in [0.25, 0.3) is 5.65 Å². The molecule has 1 N–H and O–H groups in total. The SMILES string of the molecule is OCCCc1cn2ccc(F)cc2n1. The number of aliphatic hydroxyl groups excluding tert-OH is 1. The molecular formula is C10H11FN2O. The van der Waals surface area contributed by atoms with Crippen LogP contribution >= 0.6 is 0 Å². The minimum absolute atomic E-state index is 0.155. The predicted molar refractivity (Wildman–Crippen MR) is 50.6 cm³/mol. The van der Waals surface area contributed by atoms with Crippen molar-refractivity contribution in [2.75, 3.05) is 6.61 Å². The van der Waals surface area contributed by atoms with Gasteiger partial charge in [0, 0.05) is 25.1 Å². The van der Waals surface area contributed by atoms with Crippen LogP contribution in [0.15, 0.2) is 24.5 Å². The van der Waals surface area contributed by atoms with E-state index in [1.807, 2.05) is 6.20 Å². The van der Waals surface area contributed by atoms with Gasteiger partial charge in [-0.25, -0.2) is 9.37 Å². The predicted octanol–water partition coefficient (Wildman–Crippen LogP) is 1.40. The van der Waals surface area contributed by atoms with E-state index in [2.05, 4.69) is 4.98 Å². The molecule has 0 fully saturated rings. The molecule has 14 heavy (non-hydrogen) atoms. The fraction of sp³-hybridized carbons (Fsp3) is 0.300. The van der Waals surface area contributed by atoms with Crippen molar-refractivity contribution in [2.45, 2.75) is 12.8 Å². The van der Waals surface area contributed by atoms with Crippen LogP contribution in [-0.4, -0.2) is 21.1 Å². The first-order chi connectivity index (χ1) is 6.79. The molecule has 0 amide bonds. The number of rotatable bonds is 3. The van der Waals surface area contributed by atoms with Gasteiger partial charge in [-0.3, -0.25) is 0 Å². The summed E-state index contributed by atoms with van der Waals surface area (Å²) >= 11 is 0. The first kappa shape index (κ1) is 9.15. The maximum Gasteiger partial charge on any atom is 0.139 e. The van der Waals surface area contributed by atoms with Gasteiger partial charge in [-0.05, 0) is 18.9 Å². The molecule has 74 valence electrons. The van der Waals surface area contributed by atoms with Gasteiger partial charge in [-0.2, -0.15) is 0 Å². The Hall–Kier alpha value is -1.42. The summed E-state index contributed by atoms with van der Waals surface area (Å²) in [5.74, 6) is -0.281. The zero-order valence-corrected chi connectivity index (χ0v) is 7.65. The summed E-state index contributed by atoms with van der Waals surface area (Å²) in [5, 5.41) is 8.65. The van der Waals surface area contributed by atoms with Crippen LogP contribution in [0.1, 0.15) is 12.1 Å². The number of nitrogens with zero attached hydrogens (tertiary/aromatic N) is 2. The molecule has 0 bridgehead atoms. The molecule has 0 saturated carbocycles. The second-order valence-corrected chi connectivity index (χ2v) is 3.17. The third-order valence-electron chi connectivity index (χ3n) is 2.06. The first-order valence-corrected chi connectivity index (χ1v) is 4.53. The van der Waals surface area contributed by atoms with Crippen LogP contribution in [0.3, 0.4) is 0 Å². The van der Waals surface area contributed by atoms with Crippen molar-refractivity contribution in [3.63, 3.8) is 0 Å². The molecule has 0 atom stereocenters. The maximum absolute atomic E-state index is 12.8. The largest absolute Gasteiger partial charge is 0.396 e. The van der Waals surface area contributed by atoms with Gasteiger partial charge < -0.3 is 9.51 Å². The summed E-state index contributed by atoms with van der Waals surface area (Å²) in [5.41, 5.74) is 1.49. The minimum atomic E-state index is -0.281. The normalized spacial score (nSPS) is 11.0. The number of imidazole rings is 1. The van der Waals surface area contributed by atoms with Crippen molar-refractivity contribution in [1.82, 2.24) is 9.38 Å². The zero-order valence-electron chi connectivity index (χ0n) is 7.65. The summed E-state index contributed by atoms with van der Waals surface area (Å²) in [6.45, 7) is 0.155. The van der Waals surface area contributed by atoms with Gasteiger partial charge in [-0.1, -0.05) is 0 Å². The van der Waals surface area contributed by atoms with Crippen LogP contribution in [0.5, 0.6) is 0 Å². The number of hydrogen-bond acceptors (Lipinski definition) is 2. The van der Waals surface area contributed by atoms with Crippen molar-refractivity contribution in [3.05, 3.63) is 36.0 Å². The topological polar surface area (TPSA) is 37.5 Å². The van der Waals surface area contributed by atoms with Gasteiger partial charge in [0.05, 0.1) is 5.69 Å². The van der Waals surface area contributed by atoms with Gasteiger partial charge >= 0.3 is 0 Å². The molecule has 0 radical (unpaired) electrons. The number of aromatic nitrogens is 2. The van der Waals surface area contributed by atoms with Crippen LogP contribution < -0.4 is 0 Å². The molecule has 0 aromatic carbocycles. The molecule has 3 nitrogen and oxygen atoms in total. The number of halogens is 1. The third-order valence-corrected chi connectivity index (χ3v) is 2.06. The summed E-state index contributed by atoms with van der Waals surface area (Å²) in [6.07, 6.45) is 4.90. The van der Waals surface area contributed by atoms with Crippen molar-refractivity contribution < 1.29 is 9.50 Å². The second kappa shape index (κ2) is 3.75. The van der Waals surface area contributed by atoms with E-state index in [4.69, 9.17) is 5.11 Å². The fourth-order valence-electron chi connectivity index (χ4n) is 1.39. The lowest BCUT2D eigenvalue weighted by Crippen LogP contribution is -1.88. The Labute approximate surface area is 80.8 Å². The molecule has 2 aromatic rings. The van der Waals surface area contributed by atoms with E-state index in [0.717, 1.165) is 12.1 Å². The smallest absolute Gasteiger partial charge is 0.139 e. The number of aryl methyl sites for hydroxylation is 1. The molecule has 0 aliphatic carbocycles. The van der Waals surface area contributed by atoms with E-state index in [1.54, 1.807) is 10.6 Å². The highest BCUT2D eigenvalue weighted by Crippen LogP contribution is 2.08. The highest BCUT2D eigenvalue weighted by Gasteiger charge is 2.01. The van der Waals surface area contributed by atoms with Gasteiger partial charge in [0.2, 0.25) is 0 Å². The number of hydrogen-bond donors (Lipinski definition) is 1. The molecule has 2 aromatic heterocycles. The van der Waals surface area contributed by atoms with Crippen molar-refractivity contribution in [3.8, 4) is 0 Å². The first-order valence-electron chi connectivity index (χ1n) is 4.53. The zero-order chi connectivity index (χ0) is 9.97. The standard InChI is InChI=1S/C10H11FN2O/c11-8-3-4-13-7-9(2-1-5-14)12-10(13)6-8/h3-4,6-7,14H,1-2,5H2. The lowest BCUT2D eigenvalue weighted by Gasteiger charge is -1.90. The van der Waals surface area contributed by atoms with E-state index >= 15 is 0 Å². The highest BCUT2D eigenvalue weighted by molar-refractivity contribution is 5.39. The Balaban J connectivity index is 2.32. The van der Waals surface area contributed by atoms with Crippen molar-refractivity contribution in [2.24, 2.45) is 0 Å². The number of aliphatic hydroxyl groups is 1. The lowest BCUT2D eigenvalue weighted by atomic mass is 10.3. The average molecular weight is 194 g/mol. The monoisotopic (exact) mass is 194 g/mol. The van der Waals surface area contributed by atoms with Crippen LogP contribution in [0.4, 0.5) is 4.39 Å². The maximum atomic E-state index is 12.8. The van der Waals surface area contributed by atoms with Crippen LogP contribution in [0, 0.1) is 5.82 Å². The minimum Gasteiger partial charge on any atom is -0.396 e. The van der Waals surface area contributed by atoms with E-state index < -0.39 is 0 Å². The van der Waals surface area contributed by atoms with Gasteiger partial charge in [0.15, 0.2) is 0 Å². The average Bonchev–Trinajstić information content (AvgIpc) is 2.56.